The molecule has 5 rings (SSSR count). The van der Waals surface area contributed by atoms with Gasteiger partial charge in [-0.15, -0.1) is 11.3 Å². The number of benzene rings is 3. The predicted molar refractivity (Wildman–Crippen MR) is 138 cm³/mol. The largest absolute Gasteiger partial charge is 0.480 e. The molecule has 1 atom stereocenters. The second kappa shape index (κ2) is 9.74. The van der Waals surface area contributed by atoms with Gasteiger partial charge in [0.15, 0.2) is 5.78 Å². The topological polar surface area (TPSA) is 121 Å². The van der Waals surface area contributed by atoms with Crippen molar-refractivity contribution < 1.29 is 27.9 Å². The van der Waals surface area contributed by atoms with Crippen molar-refractivity contribution in [1.82, 2.24) is 4.31 Å². The molecule has 1 aliphatic heterocycles. The minimum atomic E-state index is -4.09. The number of sulfonamides is 1. The van der Waals surface area contributed by atoms with Crippen LogP contribution in [0.1, 0.15) is 43.4 Å². The Morgan fingerprint density at radius 1 is 0.838 bits per heavy atom. The first-order chi connectivity index (χ1) is 17.8. The van der Waals surface area contributed by atoms with Crippen LogP contribution >= 0.6 is 11.3 Å². The number of aliphatic carboxylic acids is 1. The molecular formula is C27H20N2O6S2. The van der Waals surface area contributed by atoms with Gasteiger partial charge in [-0.05, 0) is 23.8 Å². The molecular weight excluding hydrogens is 512 g/mol. The van der Waals surface area contributed by atoms with E-state index in [0.29, 0.717) is 27.3 Å². The molecule has 10 heteroatoms. The summed E-state index contributed by atoms with van der Waals surface area (Å²) in [5, 5.41) is 12.8. The molecule has 0 bridgehead atoms. The van der Waals surface area contributed by atoms with Crippen molar-refractivity contribution in [2.75, 3.05) is 5.32 Å². The van der Waals surface area contributed by atoms with E-state index in [4.69, 9.17) is 0 Å². The van der Waals surface area contributed by atoms with E-state index in [1.165, 1.54) is 6.07 Å². The summed E-state index contributed by atoms with van der Waals surface area (Å²) in [6, 6.07) is 23.3. The number of rotatable bonds is 7. The number of carboxylic acid groups (broad SMARTS) is 1. The highest BCUT2D eigenvalue weighted by molar-refractivity contribution is 7.91. The Bertz CT molecular complexity index is 1620. The van der Waals surface area contributed by atoms with Gasteiger partial charge in [0.2, 0.25) is 0 Å². The minimum Gasteiger partial charge on any atom is -0.480 e. The first-order valence-corrected chi connectivity index (χ1v) is 13.4. The molecule has 2 N–H and O–H groups in total. The van der Waals surface area contributed by atoms with Gasteiger partial charge >= 0.3 is 5.97 Å². The highest BCUT2D eigenvalue weighted by Crippen LogP contribution is 2.43. The third-order valence-electron chi connectivity index (χ3n) is 5.94. The molecule has 4 aromatic rings. The molecule has 0 fully saturated rings. The first-order valence-electron chi connectivity index (χ1n) is 11.2. The second-order valence-corrected chi connectivity index (χ2v) is 11.5. The highest BCUT2D eigenvalue weighted by Gasteiger charge is 2.44. The van der Waals surface area contributed by atoms with Crippen LogP contribution in [-0.2, 0) is 21.4 Å². The average Bonchev–Trinajstić information content (AvgIpc) is 3.41. The number of anilines is 1. The van der Waals surface area contributed by atoms with Crippen molar-refractivity contribution in [3.63, 3.8) is 0 Å². The third-order valence-corrected chi connectivity index (χ3v) is 9.39. The number of thiophene rings is 1. The molecule has 0 spiro atoms. The van der Waals surface area contributed by atoms with Crippen LogP contribution in [0.3, 0.4) is 0 Å². The molecule has 1 amide bonds. The van der Waals surface area contributed by atoms with Gasteiger partial charge in [-0.2, -0.15) is 4.31 Å². The van der Waals surface area contributed by atoms with Crippen LogP contribution in [0.25, 0.3) is 0 Å². The molecule has 0 saturated heterocycles. The first kappa shape index (κ1) is 24.6. The van der Waals surface area contributed by atoms with Crippen LogP contribution in [0.2, 0.25) is 0 Å². The highest BCUT2D eigenvalue weighted by atomic mass is 32.2. The van der Waals surface area contributed by atoms with Gasteiger partial charge in [-0.3, -0.25) is 14.4 Å². The molecule has 1 unspecified atom stereocenters. The summed E-state index contributed by atoms with van der Waals surface area (Å²) >= 11 is 0.866. The molecule has 8 nitrogen and oxygen atoms in total. The van der Waals surface area contributed by atoms with Crippen molar-refractivity contribution in [2.24, 2.45) is 0 Å². The van der Waals surface area contributed by atoms with Crippen LogP contribution in [-0.4, -0.2) is 35.5 Å². The molecule has 1 aliphatic rings. The SMILES string of the molecule is O=C(Nc1cc2c(s1)S(=O)(=O)N(C(C(=O)O)c1ccccc1)C2)c1cccc(C(=O)c2ccccc2)c1. The summed E-state index contributed by atoms with van der Waals surface area (Å²) in [6.07, 6.45) is 0. The van der Waals surface area contributed by atoms with Gasteiger partial charge in [-0.25, -0.2) is 8.42 Å². The normalized spacial score (nSPS) is 15.0. The van der Waals surface area contributed by atoms with E-state index in [1.807, 2.05) is 6.07 Å². The summed E-state index contributed by atoms with van der Waals surface area (Å²) in [6.45, 7) is -0.128. The second-order valence-electron chi connectivity index (χ2n) is 8.36. The summed E-state index contributed by atoms with van der Waals surface area (Å²) in [4.78, 5) is 37.6. The number of nitrogens with one attached hydrogen (secondary N) is 1. The number of amides is 1. The van der Waals surface area contributed by atoms with Crippen molar-refractivity contribution in [1.29, 1.82) is 0 Å². The Hall–Kier alpha value is -4.12. The standard InChI is InChI=1S/C27H20N2O6S2/c30-24(18-10-5-2-6-11-18)19-12-7-13-20(14-19)25(31)28-22-15-21-16-29(37(34,35)27(21)36-22)23(26(32)33)17-8-3-1-4-9-17/h1-15,23H,16H2,(H,28,31)(H,32,33). The van der Waals surface area contributed by atoms with Gasteiger partial charge in [0.25, 0.3) is 15.9 Å². The van der Waals surface area contributed by atoms with Gasteiger partial charge in [0, 0.05) is 28.8 Å². The number of ketones is 1. The fraction of sp³-hybridized carbons (Fsp3) is 0.0741. The molecule has 186 valence electrons. The lowest BCUT2D eigenvalue weighted by molar-refractivity contribution is -0.141. The van der Waals surface area contributed by atoms with Gasteiger partial charge in [0.1, 0.15) is 10.3 Å². The maximum atomic E-state index is 13.2. The van der Waals surface area contributed by atoms with Crippen molar-refractivity contribution in [2.45, 2.75) is 16.8 Å². The van der Waals surface area contributed by atoms with E-state index in [2.05, 4.69) is 5.32 Å². The predicted octanol–water partition coefficient (Wildman–Crippen LogP) is 4.56. The fourth-order valence-electron chi connectivity index (χ4n) is 4.20. The monoisotopic (exact) mass is 532 g/mol. The Morgan fingerprint density at radius 3 is 2.11 bits per heavy atom. The third kappa shape index (κ3) is 4.69. The van der Waals surface area contributed by atoms with Gasteiger partial charge in [0.05, 0.1) is 5.00 Å². The fourth-order valence-corrected chi connectivity index (χ4v) is 7.44. The maximum absolute atomic E-state index is 13.2. The summed E-state index contributed by atoms with van der Waals surface area (Å²) < 4.78 is 27.5. The Morgan fingerprint density at radius 2 is 1.46 bits per heavy atom. The zero-order valence-corrected chi connectivity index (χ0v) is 20.8. The lowest BCUT2D eigenvalue weighted by atomic mass is 10.0. The van der Waals surface area contributed by atoms with Crippen LogP contribution in [0.4, 0.5) is 5.00 Å². The lowest BCUT2D eigenvalue weighted by Crippen LogP contribution is -2.34. The molecule has 0 aliphatic carbocycles. The van der Waals surface area contributed by atoms with Crippen LogP contribution in [0, 0.1) is 0 Å². The van der Waals surface area contributed by atoms with Crippen molar-refractivity contribution in [3.05, 3.63) is 119 Å². The average molecular weight is 533 g/mol. The molecule has 37 heavy (non-hydrogen) atoms. The number of hydrogen-bond donors (Lipinski definition) is 2. The van der Waals surface area contributed by atoms with Crippen molar-refractivity contribution >= 4 is 44.0 Å². The number of carbonyl (C=O) groups excluding carboxylic acids is 2. The van der Waals surface area contributed by atoms with E-state index < -0.39 is 27.9 Å². The molecule has 0 saturated carbocycles. The smallest absolute Gasteiger partial charge is 0.326 e. The summed E-state index contributed by atoms with van der Waals surface area (Å²) in [7, 11) is -4.09. The lowest BCUT2D eigenvalue weighted by Gasteiger charge is -2.23. The number of hydrogen-bond acceptors (Lipinski definition) is 6. The number of fused-ring (bicyclic) bond motifs is 1. The van der Waals surface area contributed by atoms with Crippen LogP contribution in [0.5, 0.6) is 0 Å². The zero-order valence-electron chi connectivity index (χ0n) is 19.2. The quantitative estimate of drug-likeness (QED) is 0.337. The van der Waals surface area contributed by atoms with Gasteiger partial charge < -0.3 is 10.4 Å². The number of carbonyl (C=O) groups is 3. The summed E-state index contributed by atoms with van der Waals surface area (Å²) in [5.74, 6) is -1.99. The molecule has 1 aromatic heterocycles. The van der Waals surface area contributed by atoms with E-state index in [0.717, 1.165) is 15.6 Å². The van der Waals surface area contributed by atoms with Gasteiger partial charge in [-0.1, -0.05) is 72.8 Å². The maximum Gasteiger partial charge on any atom is 0.326 e. The molecule has 0 radical (unpaired) electrons. The summed E-state index contributed by atoms with van der Waals surface area (Å²) in [5.41, 5.74) is 1.86. The number of nitrogens with zero attached hydrogens (tertiary/aromatic N) is 1. The van der Waals surface area contributed by atoms with Crippen LogP contribution in [0.15, 0.2) is 95.2 Å². The number of carboxylic acids is 1. The van der Waals surface area contributed by atoms with Crippen LogP contribution < -0.4 is 5.32 Å². The van der Waals surface area contributed by atoms with E-state index in [9.17, 15) is 27.9 Å². The molecule has 3 aromatic carbocycles. The zero-order chi connectivity index (χ0) is 26.2. The molecule has 2 heterocycles. The van der Waals surface area contributed by atoms with E-state index in [-0.39, 0.29) is 22.1 Å². The Kier molecular flexibility index (Phi) is 6.46. The Balaban J connectivity index is 1.36. The van der Waals surface area contributed by atoms with E-state index in [1.54, 1.807) is 78.9 Å². The Labute approximate surface area is 216 Å². The minimum absolute atomic E-state index is 0.00186. The van der Waals surface area contributed by atoms with E-state index >= 15 is 0 Å². The van der Waals surface area contributed by atoms with Crippen molar-refractivity contribution in [3.8, 4) is 0 Å².